The molecule has 0 aromatic heterocycles. The first-order chi connectivity index (χ1) is 8.99. The van der Waals surface area contributed by atoms with E-state index >= 15 is 0 Å². The van der Waals surface area contributed by atoms with Crippen LogP contribution in [0.2, 0.25) is 0 Å². The highest BCUT2D eigenvalue weighted by Gasteiger charge is 2.15. The van der Waals surface area contributed by atoms with Gasteiger partial charge < -0.3 is 5.43 Å². The molecule has 0 bridgehead atoms. The van der Waals surface area contributed by atoms with Crippen LogP contribution in [0, 0.1) is 21.4 Å². The van der Waals surface area contributed by atoms with Crippen LogP contribution in [0.5, 0.6) is 0 Å². The minimum atomic E-state index is -0.475. The average Bonchev–Trinajstić information content (AvgIpc) is 2.38. The van der Waals surface area contributed by atoms with Crippen LogP contribution in [-0.2, 0) is 6.54 Å². The minimum absolute atomic E-state index is 0.0543. The zero-order valence-electron chi connectivity index (χ0n) is 11.0. The lowest BCUT2D eigenvalue weighted by molar-refractivity contribution is -0.384. The van der Waals surface area contributed by atoms with Crippen molar-refractivity contribution in [1.82, 2.24) is 4.90 Å². The number of anilines is 1. The SMILES string of the molecule is CC(CC#N)N(C)Cc1ccc(NN)c([N+](=O)[O-])c1. The normalized spacial score (nSPS) is 11.9. The van der Waals surface area contributed by atoms with Crippen LogP contribution in [0.3, 0.4) is 0 Å². The van der Waals surface area contributed by atoms with Gasteiger partial charge >= 0.3 is 0 Å². The number of nitro groups is 1. The highest BCUT2D eigenvalue weighted by atomic mass is 16.6. The number of hydrazine groups is 1. The lowest BCUT2D eigenvalue weighted by Crippen LogP contribution is -2.28. The fourth-order valence-electron chi connectivity index (χ4n) is 1.68. The highest BCUT2D eigenvalue weighted by Crippen LogP contribution is 2.25. The number of nitrogen functional groups attached to an aromatic ring is 1. The highest BCUT2D eigenvalue weighted by molar-refractivity contribution is 5.61. The Balaban J connectivity index is 2.88. The van der Waals surface area contributed by atoms with E-state index in [0.29, 0.717) is 13.0 Å². The molecule has 1 aromatic rings. The molecule has 7 heteroatoms. The first-order valence-electron chi connectivity index (χ1n) is 5.80. The first-order valence-corrected chi connectivity index (χ1v) is 5.80. The smallest absolute Gasteiger partial charge is 0.293 e. The quantitative estimate of drug-likeness (QED) is 0.458. The molecule has 0 aliphatic heterocycles. The maximum atomic E-state index is 10.9. The van der Waals surface area contributed by atoms with Crippen LogP contribution < -0.4 is 11.3 Å². The molecule has 0 saturated carbocycles. The van der Waals surface area contributed by atoms with Crippen molar-refractivity contribution in [2.24, 2.45) is 5.84 Å². The van der Waals surface area contributed by atoms with E-state index in [1.165, 1.54) is 6.07 Å². The first kappa shape index (κ1) is 14.9. The summed E-state index contributed by atoms with van der Waals surface area (Å²) in [6, 6.07) is 7.05. The van der Waals surface area contributed by atoms with E-state index in [1.54, 1.807) is 12.1 Å². The molecular formula is C12H17N5O2. The number of hydrogen-bond acceptors (Lipinski definition) is 6. The van der Waals surface area contributed by atoms with Crippen molar-refractivity contribution in [3.05, 3.63) is 33.9 Å². The third-order valence-electron chi connectivity index (χ3n) is 2.99. The summed E-state index contributed by atoms with van der Waals surface area (Å²) in [5.74, 6) is 5.23. The Morgan fingerprint density at radius 2 is 2.32 bits per heavy atom. The fourth-order valence-corrected chi connectivity index (χ4v) is 1.68. The predicted molar refractivity (Wildman–Crippen MR) is 72.1 cm³/mol. The van der Waals surface area contributed by atoms with Crippen molar-refractivity contribution in [1.29, 1.82) is 5.26 Å². The standard InChI is InChI=1S/C12H17N5O2/c1-9(5-6-13)16(2)8-10-3-4-11(15-14)12(7-10)17(18)19/h3-4,7,9,15H,5,8,14H2,1-2H3. The zero-order valence-corrected chi connectivity index (χ0v) is 11.0. The molecule has 0 spiro atoms. The van der Waals surface area contributed by atoms with E-state index < -0.39 is 4.92 Å². The summed E-state index contributed by atoms with van der Waals surface area (Å²) < 4.78 is 0. The van der Waals surface area contributed by atoms with Gasteiger partial charge in [-0.2, -0.15) is 5.26 Å². The molecule has 7 nitrogen and oxygen atoms in total. The summed E-state index contributed by atoms with van der Waals surface area (Å²) in [7, 11) is 1.88. The topological polar surface area (TPSA) is 108 Å². The van der Waals surface area contributed by atoms with Crippen molar-refractivity contribution in [2.45, 2.75) is 25.9 Å². The maximum absolute atomic E-state index is 10.9. The molecule has 0 radical (unpaired) electrons. The van der Waals surface area contributed by atoms with E-state index in [0.717, 1.165) is 5.56 Å². The van der Waals surface area contributed by atoms with Gasteiger partial charge in [-0.1, -0.05) is 6.07 Å². The van der Waals surface area contributed by atoms with Gasteiger partial charge in [-0.25, -0.2) is 0 Å². The van der Waals surface area contributed by atoms with Crippen LogP contribution in [-0.4, -0.2) is 22.9 Å². The number of nitrogens with zero attached hydrogens (tertiary/aromatic N) is 3. The number of nitriles is 1. The van der Waals surface area contributed by atoms with E-state index in [4.69, 9.17) is 11.1 Å². The van der Waals surface area contributed by atoms with Crippen LogP contribution in [0.25, 0.3) is 0 Å². The van der Waals surface area contributed by atoms with Crippen molar-refractivity contribution < 1.29 is 4.92 Å². The van der Waals surface area contributed by atoms with E-state index in [1.807, 2.05) is 18.9 Å². The van der Waals surface area contributed by atoms with E-state index in [2.05, 4.69) is 11.5 Å². The van der Waals surface area contributed by atoms with Gasteiger partial charge in [0.05, 0.1) is 17.4 Å². The summed E-state index contributed by atoms with van der Waals surface area (Å²) in [5.41, 5.74) is 3.33. The monoisotopic (exact) mass is 263 g/mol. The fraction of sp³-hybridized carbons (Fsp3) is 0.417. The summed E-state index contributed by atoms with van der Waals surface area (Å²) >= 11 is 0. The molecule has 19 heavy (non-hydrogen) atoms. The van der Waals surface area contributed by atoms with Gasteiger partial charge in [0.1, 0.15) is 5.69 Å². The van der Waals surface area contributed by atoms with Gasteiger partial charge in [-0.05, 0) is 25.6 Å². The largest absolute Gasteiger partial charge is 0.318 e. The number of hydrogen-bond donors (Lipinski definition) is 2. The van der Waals surface area contributed by atoms with Crippen molar-refractivity contribution in [3.8, 4) is 6.07 Å². The molecule has 0 heterocycles. The minimum Gasteiger partial charge on any atom is -0.318 e. The summed E-state index contributed by atoms with van der Waals surface area (Å²) in [5, 5.41) is 19.6. The predicted octanol–water partition coefficient (Wildman–Crippen LogP) is 1.61. The van der Waals surface area contributed by atoms with Crippen LogP contribution >= 0.6 is 0 Å². The van der Waals surface area contributed by atoms with Gasteiger partial charge in [-0.3, -0.25) is 20.9 Å². The molecule has 1 rings (SSSR count). The molecule has 3 N–H and O–H groups in total. The van der Waals surface area contributed by atoms with Gasteiger partial charge in [0.2, 0.25) is 0 Å². The van der Waals surface area contributed by atoms with Gasteiger partial charge in [-0.15, -0.1) is 0 Å². The summed E-state index contributed by atoms with van der Waals surface area (Å²) in [6.45, 7) is 2.47. The van der Waals surface area contributed by atoms with E-state index in [9.17, 15) is 10.1 Å². The summed E-state index contributed by atoms with van der Waals surface area (Å²) in [6.07, 6.45) is 0.418. The van der Waals surface area contributed by atoms with Gasteiger partial charge in [0.15, 0.2) is 0 Å². The second kappa shape index (κ2) is 6.68. The Hall–Kier alpha value is -2.17. The number of nitrogens with one attached hydrogen (secondary N) is 1. The molecule has 1 aromatic carbocycles. The van der Waals surface area contributed by atoms with Crippen molar-refractivity contribution >= 4 is 11.4 Å². The number of rotatable bonds is 6. The molecule has 1 atom stereocenters. The maximum Gasteiger partial charge on any atom is 0.293 e. The van der Waals surface area contributed by atoms with Crippen LogP contribution in [0.4, 0.5) is 11.4 Å². The lowest BCUT2D eigenvalue weighted by Gasteiger charge is -2.22. The van der Waals surface area contributed by atoms with Gasteiger partial charge in [0, 0.05) is 18.7 Å². The molecule has 1 unspecified atom stereocenters. The Kier molecular flexibility index (Phi) is 5.23. The Morgan fingerprint density at radius 1 is 1.63 bits per heavy atom. The third kappa shape index (κ3) is 3.91. The molecule has 0 amide bonds. The number of nitro benzene ring substituents is 1. The van der Waals surface area contributed by atoms with Crippen LogP contribution in [0.1, 0.15) is 18.9 Å². The summed E-state index contributed by atoms with van der Waals surface area (Å²) in [4.78, 5) is 12.4. The lowest BCUT2D eigenvalue weighted by atomic mass is 10.1. The molecule has 0 aliphatic carbocycles. The number of nitrogens with two attached hydrogens (primary N) is 1. The molecule has 0 fully saturated rings. The van der Waals surface area contributed by atoms with Crippen molar-refractivity contribution in [3.63, 3.8) is 0 Å². The Bertz CT molecular complexity index is 497. The van der Waals surface area contributed by atoms with Gasteiger partial charge in [0.25, 0.3) is 5.69 Å². The second-order valence-corrected chi connectivity index (χ2v) is 4.38. The Morgan fingerprint density at radius 3 is 2.84 bits per heavy atom. The van der Waals surface area contributed by atoms with Crippen LogP contribution in [0.15, 0.2) is 18.2 Å². The molecule has 102 valence electrons. The molecule has 0 aliphatic rings. The molecule has 0 saturated heterocycles. The number of benzene rings is 1. The average molecular weight is 263 g/mol. The Labute approximate surface area is 111 Å². The van der Waals surface area contributed by atoms with Crippen molar-refractivity contribution in [2.75, 3.05) is 12.5 Å². The third-order valence-corrected chi connectivity index (χ3v) is 2.99. The second-order valence-electron chi connectivity index (χ2n) is 4.38. The molecular weight excluding hydrogens is 246 g/mol. The zero-order chi connectivity index (χ0) is 14.4. The van der Waals surface area contributed by atoms with E-state index in [-0.39, 0.29) is 17.4 Å².